The Morgan fingerprint density at radius 1 is 1.37 bits per heavy atom. The van der Waals surface area contributed by atoms with E-state index in [-0.39, 0.29) is 12.5 Å². The summed E-state index contributed by atoms with van der Waals surface area (Å²) in [6, 6.07) is 2.63. The average Bonchev–Trinajstić information content (AvgIpc) is 2.87. The van der Waals surface area contributed by atoms with Crippen LogP contribution in [0.2, 0.25) is 0 Å². The van der Waals surface area contributed by atoms with Crippen molar-refractivity contribution in [3.05, 3.63) is 23.7 Å². The molecule has 1 N–H and O–H groups in total. The van der Waals surface area contributed by atoms with Crippen LogP contribution in [-0.4, -0.2) is 28.6 Å². The molecular formula is C15H21NO3. The molecule has 0 spiro atoms. The Balaban J connectivity index is 1.82. The predicted octanol–water partition coefficient (Wildman–Crippen LogP) is 2.99. The predicted molar refractivity (Wildman–Crippen MR) is 71.0 cm³/mol. The number of hydrogen-bond donors (Lipinski definition) is 1. The first-order valence-electron chi connectivity index (χ1n) is 7.29. The highest BCUT2D eigenvalue weighted by Crippen LogP contribution is 2.38. The monoisotopic (exact) mass is 263 g/mol. The highest BCUT2D eigenvalue weighted by Gasteiger charge is 2.34. The molecule has 0 radical (unpaired) electrons. The lowest BCUT2D eigenvalue weighted by Crippen LogP contribution is -2.43. The molecule has 1 aliphatic carbocycles. The summed E-state index contributed by atoms with van der Waals surface area (Å²) in [5.74, 6) is 0.427. The molecule has 19 heavy (non-hydrogen) atoms. The Hall–Kier alpha value is -1.29. The molecule has 0 bridgehead atoms. The molecule has 2 heterocycles. The number of furan rings is 1. The van der Waals surface area contributed by atoms with E-state index in [0.717, 1.165) is 44.4 Å². The molecule has 3 rings (SSSR count). The van der Waals surface area contributed by atoms with Gasteiger partial charge in [-0.25, -0.2) is 0 Å². The highest BCUT2D eigenvalue weighted by molar-refractivity contribution is 5.67. The largest absolute Gasteiger partial charge is 0.481 e. The zero-order valence-electron chi connectivity index (χ0n) is 11.2. The molecule has 1 fully saturated rings. The number of fused-ring (bicyclic) bond motifs is 1. The normalized spacial score (nSPS) is 28.0. The maximum absolute atomic E-state index is 11.0. The van der Waals surface area contributed by atoms with Gasteiger partial charge in [0, 0.05) is 24.1 Å². The molecule has 0 aromatic carbocycles. The Bertz CT molecular complexity index is 454. The lowest BCUT2D eigenvalue weighted by Gasteiger charge is -2.42. The van der Waals surface area contributed by atoms with Crippen LogP contribution in [0, 0.1) is 0 Å². The van der Waals surface area contributed by atoms with E-state index in [2.05, 4.69) is 11.0 Å². The van der Waals surface area contributed by atoms with E-state index in [0.29, 0.717) is 6.04 Å². The first-order chi connectivity index (χ1) is 9.25. The molecule has 0 saturated carbocycles. The second-order valence-corrected chi connectivity index (χ2v) is 5.69. The fraction of sp³-hybridized carbons (Fsp3) is 0.667. The molecule has 1 aromatic rings. The molecule has 4 nitrogen and oxygen atoms in total. The van der Waals surface area contributed by atoms with Crippen molar-refractivity contribution in [2.45, 2.75) is 57.0 Å². The van der Waals surface area contributed by atoms with Crippen LogP contribution in [0.1, 0.15) is 55.9 Å². The number of carboxylic acid groups (broad SMARTS) is 1. The summed E-state index contributed by atoms with van der Waals surface area (Å²) < 4.78 is 5.55. The zero-order chi connectivity index (χ0) is 13.2. The van der Waals surface area contributed by atoms with Crippen LogP contribution in [0.15, 0.2) is 16.7 Å². The molecule has 1 aromatic heterocycles. The minimum absolute atomic E-state index is 0.192. The third-order valence-corrected chi connectivity index (χ3v) is 4.50. The van der Waals surface area contributed by atoms with Crippen LogP contribution >= 0.6 is 0 Å². The van der Waals surface area contributed by atoms with Gasteiger partial charge in [0.05, 0.1) is 12.7 Å². The first-order valence-corrected chi connectivity index (χ1v) is 7.29. The number of likely N-dealkylation sites (tertiary alicyclic amines) is 1. The summed E-state index contributed by atoms with van der Waals surface area (Å²) in [5, 5.41) is 9.09. The molecule has 1 aliphatic heterocycles. The summed E-state index contributed by atoms with van der Waals surface area (Å²) in [5.41, 5.74) is 1.29. The van der Waals surface area contributed by atoms with E-state index >= 15 is 0 Å². The van der Waals surface area contributed by atoms with Crippen LogP contribution < -0.4 is 0 Å². The van der Waals surface area contributed by atoms with E-state index in [9.17, 15) is 4.79 Å². The van der Waals surface area contributed by atoms with Crippen molar-refractivity contribution in [1.82, 2.24) is 4.90 Å². The fourth-order valence-electron chi connectivity index (χ4n) is 3.66. The van der Waals surface area contributed by atoms with Crippen molar-refractivity contribution in [3.63, 3.8) is 0 Å². The van der Waals surface area contributed by atoms with Gasteiger partial charge < -0.3 is 9.52 Å². The minimum Gasteiger partial charge on any atom is -0.481 e. The van der Waals surface area contributed by atoms with Crippen molar-refractivity contribution in [1.29, 1.82) is 0 Å². The number of rotatable bonds is 3. The standard InChI is InChI=1S/C15H21NO3/c17-15(18)10-11-4-1-2-8-16(11)13-5-3-6-14-12(13)7-9-19-14/h7,9,11,13H,1-6,8,10H2,(H,17,18). The van der Waals surface area contributed by atoms with E-state index in [1.54, 1.807) is 6.26 Å². The topological polar surface area (TPSA) is 53.7 Å². The zero-order valence-corrected chi connectivity index (χ0v) is 11.2. The number of piperidine rings is 1. The van der Waals surface area contributed by atoms with Gasteiger partial charge in [-0.1, -0.05) is 6.42 Å². The van der Waals surface area contributed by atoms with Gasteiger partial charge >= 0.3 is 5.97 Å². The van der Waals surface area contributed by atoms with Crippen molar-refractivity contribution in [2.24, 2.45) is 0 Å². The highest BCUT2D eigenvalue weighted by atomic mass is 16.4. The smallest absolute Gasteiger partial charge is 0.304 e. The van der Waals surface area contributed by atoms with Crippen molar-refractivity contribution in [3.8, 4) is 0 Å². The van der Waals surface area contributed by atoms with Crippen LogP contribution in [0.4, 0.5) is 0 Å². The van der Waals surface area contributed by atoms with Gasteiger partial charge in [-0.15, -0.1) is 0 Å². The second kappa shape index (κ2) is 5.37. The summed E-state index contributed by atoms with van der Waals surface area (Å²) in [7, 11) is 0. The number of nitrogens with zero attached hydrogens (tertiary/aromatic N) is 1. The molecular weight excluding hydrogens is 242 g/mol. The molecule has 4 heteroatoms. The third-order valence-electron chi connectivity index (χ3n) is 4.50. The minimum atomic E-state index is -0.680. The van der Waals surface area contributed by atoms with Gasteiger partial charge in [-0.2, -0.15) is 0 Å². The van der Waals surface area contributed by atoms with Gasteiger partial charge in [0.15, 0.2) is 0 Å². The SMILES string of the molecule is O=C(O)CC1CCCCN1C1CCCc2occc21. The maximum atomic E-state index is 11.0. The lowest BCUT2D eigenvalue weighted by atomic mass is 9.88. The quantitative estimate of drug-likeness (QED) is 0.910. The number of aryl methyl sites for hydroxylation is 1. The van der Waals surface area contributed by atoms with Crippen molar-refractivity contribution >= 4 is 5.97 Å². The van der Waals surface area contributed by atoms with Gasteiger partial charge in [0.1, 0.15) is 5.76 Å². The average molecular weight is 263 g/mol. The first kappa shape index (κ1) is 12.7. The number of carboxylic acids is 1. The fourth-order valence-corrected chi connectivity index (χ4v) is 3.66. The molecule has 2 aliphatic rings. The molecule has 2 atom stereocenters. The molecule has 2 unspecified atom stereocenters. The molecule has 104 valence electrons. The van der Waals surface area contributed by atoms with Gasteiger partial charge in [-0.05, 0) is 38.3 Å². The van der Waals surface area contributed by atoms with E-state index in [1.165, 1.54) is 12.0 Å². The van der Waals surface area contributed by atoms with Crippen molar-refractivity contribution < 1.29 is 14.3 Å². The Kier molecular flexibility index (Phi) is 3.60. The van der Waals surface area contributed by atoms with Gasteiger partial charge in [-0.3, -0.25) is 9.69 Å². The number of aliphatic carboxylic acids is 1. The Morgan fingerprint density at radius 3 is 3.11 bits per heavy atom. The summed E-state index contributed by atoms with van der Waals surface area (Å²) in [6.45, 7) is 1.02. The lowest BCUT2D eigenvalue weighted by molar-refractivity contribution is -0.139. The Labute approximate surface area is 113 Å². The summed E-state index contributed by atoms with van der Waals surface area (Å²) in [4.78, 5) is 13.5. The second-order valence-electron chi connectivity index (χ2n) is 5.69. The van der Waals surface area contributed by atoms with E-state index in [4.69, 9.17) is 9.52 Å². The van der Waals surface area contributed by atoms with Crippen molar-refractivity contribution in [2.75, 3.05) is 6.54 Å². The summed E-state index contributed by atoms with van der Waals surface area (Å²) in [6.07, 6.45) is 8.68. The van der Waals surface area contributed by atoms with Crippen LogP contribution in [-0.2, 0) is 11.2 Å². The molecule has 1 saturated heterocycles. The number of hydrogen-bond acceptors (Lipinski definition) is 3. The van der Waals surface area contributed by atoms with Gasteiger partial charge in [0.25, 0.3) is 0 Å². The van der Waals surface area contributed by atoms with Crippen LogP contribution in [0.25, 0.3) is 0 Å². The number of carbonyl (C=O) groups is 1. The van der Waals surface area contributed by atoms with E-state index < -0.39 is 5.97 Å². The van der Waals surface area contributed by atoms with Crippen LogP contribution in [0.5, 0.6) is 0 Å². The van der Waals surface area contributed by atoms with Gasteiger partial charge in [0.2, 0.25) is 0 Å². The maximum Gasteiger partial charge on any atom is 0.304 e. The summed E-state index contributed by atoms with van der Waals surface area (Å²) >= 11 is 0. The molecule has 0 amide bonds. The third kappa shape index (κ3) is 2.54. The Morgan fingerprint density at radius 2 is 2.26 bits per heavy atom. The van der Waals surface area contributed by atoms with E-state index in [1.807, 2.05) is 0 Å². The van der Waals surface area contributed by atoms with Crippen LogP contribution in [0.3, 0.4) is 0 Å².